The molecule has 3 heteroatoms. The number of rotatable bonds is 1. The van der Waals surface area contributed by atoms with Crippen LogP contribution in [-0.2, 0) is 0 Å². The summed E-state index contributed by atoms with van der Waals surface area (Å²) in [5, 5.41) is 0. The SMILES string of the molecule is Cc1cc(I)c(Br)cc1C=O. The molecule has 0 aliphatic rings. The van der Waals surface area contributed by atoms with E-state index in [4.69, 9.17) is 0 Å². The third-order valence-electron chi connectivity index (χ3n) is 1.44. The minimum atomic E-state index is 0.747. The average Bonchev–Trinajstić information content (AvgIpc) is 1.97. The fourth-order valence-electron chi connectivity index (χ4n) is 0.789. The van der Waals surface area contributed by atoms with Gasteiger partial charge in [-0.1, -0.05) is 0 Å². The van der Waals surface area contributed by atoms with Gasteiger partial charge in [0.15, 0.2) is 0 Å². The van der Waals surface area contributed by atoms with Crippen LogP contribution >= 0.6 is 38.5 Å². The standard InChI is InChI=1S/C8H6BrIO/c1-5-2-8(10)7(9)3-6(5)4-11/h2-4H,1H3. The van der Waals surface area contributed by atoms with Gasteiger partial charge in [-0.2, -0.15) is 0 Å². The van der Waals surface area contributed by atoms with Crippen LogP contribution in [0.15, 0.2) is 16.6 Å². The molecule has 1 aromatic rings. The molecule has 0 aromatic heterocycles. The molecule has 58 valence electrons. The van der Waals surface area contributed by atoms with Crippen molar-refractivity contribution in [2.24, 2.45) is 0 Å². The van der Waals surface area contributed by atoms with Crippen molar-refractivity contribution >= 4 is 44.8 Å². The van der Waals surface area contributed by atoms with Crippen molar-refractivity contribution in [2.45, 2.75) is 6.92 Å². The zero-order chi connectivity index (χ0) is 8.43. The van der Waals surface area contributed by atoms with Crippen molar-refractivity contribution in [2.75, 3.05) is 0 Å². The highest BCUT2D eigenvalue weighted by atomic mass is 127. The van der Waals surface area contributed by atoms with Crippen molar-refractivity contribution in [1.29, 1.82) is 0 Å². The maximum Gasteiger partial charge on any atom is 0.150 e. The maximum atomic E-state index is 10.5. The molecule has 0 radical (unpaired) electrons. The second-order valence-electron chi connectivity index (χ2n) is 2.24. The zero-order valence-electron chi connectivity index (χ0n) is 5.90. The predicted octanol–water partition coefficient (Wildman–Crippen LogP) is 3.17. The van der Waals surface area contributed by atoms with Crippen LogP contribution in [0.25, 0.3) is 0 Å². The molecule has 0 saturated carbocycles. The molecular formula is C8H6BrIO. The number of halogens is 2. The Morgan fingerprint density at radius 1 is 1.55 bits per heavy atom. The fraction of sp³-hybridized carbons (Fsp3) is 0.125. The van der Waals surface area contributed by atoms with Gasteiger partial charge in [-0.25, -0.2) is 0 Å². The van der Waals surface area contributed by atoms with Crippen LogP contribution < -0.4 is 0 Å². The summed E-state index contributed by atoms with van der Waals surface area (Å²) in [6.07, 6.45) is 0.871. The number of carbonyl (C=O) groups excluding carboxylic acids is 1. The Morgan fingerprint density at radius 3 is 2.73 bits per heavy atom. The van der Waals surface area contributed by atoms with E-state index in [2.05, 4.69) is 38.5 Å². The smallest absolute Gasteiger partial charge is 0.150 e. The Morgan fingerprint density at radius 2 is 2.18 bits per heavy atom. The second kappa shape index (κ2) is 3.67. The number of hydrogen-bond donors (Lipinski definition) is 0. The molecule has 0 bridgehead atoms. The minimum absolute atomic E-state index is 0.747. The van der Waals surface area contributed by atoms with Crippen LogP contribution in [0.3, 0.4) is 0 Å². The average molecular weight is 325 g/mol. The van der Waals surface area contributed by atoms with Crippen LogP contribution in [-0.4, -0.2) is 6.29 Å². The lowest BCUT2D eigenvalue weighted by molar-refractivity contribution is 0.112. The van der Waals surface area contributed by atoms with E-state index >= 15 is 0 Å². The molecule has 0 spiro atoms. The van der Waals surface area contributed by atoms with Gasteiger partial charge in [0.1, 0.15) is 6.29 Å². The monoisotopic (exact) mass is 324 g/mol. The largest absolute Gasteiger partial charge is 0.298 e. The Hall–Kier alpha value is 0.1000. The van der Waals surface area contributed by atoms with Gasteiger partial charge in [-0.05, 0) is 63.1 Å². The topological polar surface area (TPSA) is 17.1 Å². The Kier molecular flexibility index (Phi) is 3.06. The van der Waals surface area contributed by atoms with E-state index in [1.807, 2.05) is 19.1 Å². The summed E-state index contributed by atoms with van der Waals surface area (Å²) in [7, 11) is 0. The van der Waals surface area contributed by atoms with E-state index in [1.54, 1.807) is 0 Å². The molecule has 0 saturated heterocycles. The molecule has 1 nitrogen and oxygen atoms in total. The molecule has 0 fully saturated rings. The van der Waals surface area contributed by atoms with E-state index in [0.29, 0.717) is 0 Å². The predicted molar refractivity (Wildman–Crippen MR) is 57.0 cm³/mol. The normalized spacial score (nSPS) is 9.73. The van der Waals surface area contributed by atoms with Crippen molar-refractivity contribution in [1.82, 2.24) is 0 Å². The van der Waals surface area contributed by atoms with Crippen LogP contribution in [0.5, 0.6) is 0 Å². The molecule has 0 N–H and O–H groups in total. The molecule has 0 atom stereocenters. The first-order chi connectivity index (χ1) is 5.15. The summed E-state index contributed by atoms with van der Waals surface area (Å²) < 4.78 is 2.11. The van der Waals surface area contributed by atoms with Gasteiger partial charge >= 0.3 is 0 Å². The number of hydrogen-bond acceptors (Lipinski definition) is 1. The van der Waals surface area contributed by atoms with E-state index in [1.165, 1.54) is 0 Å². The van der Waals surface area contributed by atoms with Gasteiger partial charge in [0.2, 0.25) is 0 Å². The van der Waals surface area contributed by atoms with Crippen molar-refractivity contribution < 1.29 is 4.79 Å². The summed E-state index contributed by atoms with van der Waals surface area (Å²) in [5.41, 5.74) is 1.77. The molecule has 1 aromatic carbocycles. The fourth-order valence-corrected chi connectivity index (χ4v) is 1.77. The highest BCUT2D eigenvalue weighted by Crippen LogP contribution is 2.22. The molecule has 11 heavy (non-hydrogen) atoms. The molecule has 0 heterocycles. The molecular weight excluding hydrogens is 319 g/mol. The summed E-state index contributed by atoms with van der Waals surface area (Å²) >= 11 is 5.57. The summed E-state index contributed by atoms with van der Waals surface area (Å²) in [6.45, 7) is 1.93. The molecule has 1 rings (SSSR count). The lowest BCUT2D eigenvalue weighted by Crippen LogP contribution is -1.87. The molecule has 0 aliphatic carbocycles. The number of carbonyl (C=O) groups is 1. The maximum absolute atomic E-state index is 10.5. The highest BCUT2D eigenvalue weighted by Gasteiger charge is 2.01. The van der Waals surface area contributed by atoms with E-state index in [9.17, 15) is 4.79 Å². The highest BCUT2D eigenvalue weighted by molar-refractivity contribution is 14.1. The minimum Gasteiger partial charge on any atom is -0.298 e. The third-order valence-corrected chi connectivity index (χ3v) is 3.73. The lowest BCUT2D eigenvalue weighted by Gasteiger charge is -2.00. The first-order valence-corrected chi connectivity index (χ1v) is 4.93. The third kappa shape index (κ3) is 2.02. The quantitative estimate of drug-likeness (QED) is 0.573. The van der Waals surface area contributed by atoms with E-state index < -0.39 is 0 Å². The zero-order valence-corrected chi connectivity index (χ0v) is 9.64. The first-order valence-electron chi connectivity index (χ1n) is 3.06. The Balaban J connectivity index is 3.31. The summed E-state index contributed by atoms with van der Waals surface area (Å²) in [5.74, 6) is 0. The molecule has 0 amide bonds. The van der Waals surface area contributed by atoms with Crippen molar-refractivity contribution in [3.63, 3.8) is 0 Å². The van der Waals surface area contributed by atoms with Crippen molar-refractivity contribution in [3.05, 3.63) is 31.3 Å². The van der Waals surface area contributed by atoms with Gasteiger partial charge in [0.25, 0.3) is 0 Å². The number of aldehydes is 1. The van der Waals surface area contributed by atoms with Gasteiger partial charge in [0, 0.05) is 13.6 Å². The molecule has 0 unspecified atom stereocenters. The van der Waals surface area contributed by atoms with Gasteiger partial charge in [0.05, 0.1) is 0 Å². The Bertz CT molecular complexity index is 296. The number of benzene rings is 1. The lowest BCUT2D eigenvalue weighted by atomic mass is 10.1. The van der Waals surface area contributed by atoms with Gasteiger partial charge in [-0.3, -0.25) is 4.79 Å². The summed E-state index contributed by atoms with van der Waals surface area (Å²) in [4.78, 5) is 10.5. The number of aryl methyl sites for hydroxylation is 1. The first kappa shape index (κ1) is 9.19. The van der Waals surface area contributed by atoms with Crippen LogP contribution in [0.2, 0.25) is 0 Å². The Labute approximate surface area is 87.5 Å². The van der Waals surface area contributed by atoms with E-state index in [0.717, 1.165) is 25.5 Å². The van der Waals surface area contributed by atoms with Crippen LogP contribution in [0.1, 0.15) is 15.9 Å². The van der Waals surface area contributed by atoms with Crippen LogP contribution in [0.4, 0.5) is 0 Å². The van der Waals surface area contributed by atoms with Gasteiger partial charge in [-0.15, -0.1) is 0 Å². The van der Waals surface area contributed by atoms with E-state index in [-0.39, 0.29) is 0 Å². The second-order valence-corrected chi connectivity index (χ2v) is 4.26. The summed E-state index contributed by atoms with van der Waals surface area (Å²) in [6, 6.07) is 3.82. The molecule has 0 aliphatic heterocycles. The van der Waals surface area contributed by atoms with Crippen LogP contribution in [0, 0.1) is 10.5 Å². The van der Waals surface area contributed by atoms with Crippen molar-refractivity contribution in [3.8, 4) is 0 Å². The van der Waals surface area contributed by atoms with Gasteiger partial charge < -0.3 is 0 Å².